The standard InChI is InChI=1S/C22H23N3O3S/c1-14-10-11-17-16(12-14)18(19(26)24(17)4)23-21-25(20(27)22(2,3)29-21)28-13-15-8-6-5-7-9-15/h5-12,18H,13H2,1-4H3. The molecule has 0 aliphatic carbocycles. The zero-order chi connectivity index (χ0) is 20.8. The molecule has 6 nitrogen and oxygen atoms in total. The Morgan fingerprint density at radius 3 is 2.59 bits per heavy atom. The Morgan fingerprint density at radius 2 is 1.86 bits per heavy atom. The van der Waals surface area contributed by atoms with Gasteiger partial charge in [0.25, 0.3) is 11.8 Å². The second-order valence-electron chi connectivity index (χ2n) is 7.74. The first-order valence-corrected chi connectivity index (χ1v) is 10.3. The fourth-order valence-electron chi connectivity index (χ4n) is 3.42. The van der Waals surface area contributed by atoms with E-state index in [2.05, 4.69) is 0 Å². The normalized spacial score (nSPS) is 21.9. The van der Waals surface area contributed by atoms with Crippen molar-refractivity contribution < 1.29 is 14.4 Å². The van der Waals surface area contributed by atoms with Gasteiger partial charge in [0.2, 0.25) is 0 Å². The molecule has 0 radical (unpaired) electrons. The first-order valence-electron chi connectivity index (χ1n) is 9.44. The van der Waals surface area contributed by atoms with E-state index < -0.39 is 10.8 Å². The number of aliphatic imine (C=N–C) groups is 1. The van der Waals surface area contributed by atoms with Gasteiger partial charge in [0.05, 0.1) is 4.75 Å². The average Bonchev–Trinajstić information content (AvgIpc) is 3.05. The number of hydroxylamine groups is 2. The molecule has 0 spiro atoms. The van der Waals surface area contributed by atoms with Gasteiger partial charge in [-0.05, 0) is 32.4 Å². The van der Waals surface area contributed by atoms with E-state index >= 15 is 0 Å². The molecular weight excluding hydrogens is 386 g/mol. The molecule has 1 atom stereocenters. The lowest BCUT2D eigenvalue weighted by molar-refractivity contribution is -0.166. The van der Waals surface area contributed by atoms with Crippen molar-refractivity contribution in [2.75, 3.05) is 11.9 Å². The summed E-state index contributed by atoms with van der Waals surface area (Å²) in [6, 6.07) is 14.9. The van der Waals surface area contributed by atoms with Gasteiger partial charge in [-0.3, -0.25) is 14.4 Å². The Morgan fingerprint density at radius 1 is 1.14 bits per heavy atom. The van der Waals surface area contributed by atoms with Crippen LogP contribution in [0.3, 0.4) is 0 Å². The van der Waals surface area contributed by atoms with E-state index in [4.69, 9.17) is 9.83 Å². The smallest absolute Gasteiger partial charge is 0.268 e. The molecule has 2 aliphatic rings. The maximum atomic E-state index is 12.9. The monoisotopic (exact) mass is 409 g/mol. The van der Waals surface area contributed by atoms with Crippen molar-refractivity contribution >= 4 is 34.4 Å². The van der Waals surface area contributed by atoms with Crippen LogP contribution in [0.4, 0.5) is 5.69 Å². The number of hydrogen-bond donors (Lipinski definition) is 0. The van der Waals surface area contributed by atoms with Crippen LogP contribution < -0.4 is 4.90 Å². The zero-order valence-electron chi connectivity index (χ0n) is 16.9. The molecular formula is C22H23N3O3S. The van der Waals surface area contributed by atoms with E-state index in [0.29, 0.717) is 5.17 Å². The third-order valence-electron chi connectivity index (χ3n) is 5.07. The maximum absolute atomic E-state index is 12.9. The molecule has 4 rings (SSSR count). The Bertz CT molecular complexity index is 1000. The highest BCUT2D eigenvalue weighted by Gasteiger charge is 2.47. The molecule has 1 saturated heterocycles. The van der Waals surface area contributed by atoms with Gasteiger partial charge in [-0.15, -0.1) is 0 Å². The molecule has 2 amide bonds. The van der Waals surface area contributed by atoms with Crippen molar-refractivity contribution in [2.24, 2.45) is 4.99 Å². The number of fused-ring (bicyclic) bond motifs is 1. The molecule has 2 aliphatic heterocycles. The summed E-state index contributed by atoms with van der Waals surface area (Å²) in [5.41, 5.74) is 3.71. The second-order valence-corrected chi connectivity index (χ2v) is 9.33. The van der Waals surface area contributed by atoms with Crippen molar-refractivity contribution in [3.05, 3.63) is 65.2 Å². The van der Waals surface area contributed by atoms with Gasteiger partial charge in [0.15, 0.2) is 11.2 Å². The number of carbonyl (C=O) groups excluding carboxylic acids is 2. The number of carbonyl (C=O) groups is 2. The largest absolute Gasteiger partial charge is 0.313 e. The lowest BCUT2D eigenvalue weighted by Gasteiger charge is -2.18. The Hall–Kier alpha value is -2.64. The summed E-state index contributed by atoms with van der Waals surface area (Å²) in [7, 11) is 1.75. The number of hydrogen-bond acceptors (Lipinski definition) is 5. The van der Waals surface area contributed by atoms with E-state index in [1.54, 1.807) is 11.9 Å². The number of thioether (sulfide) groups is 1. The van der Waals surface area contributed by atoms with E-state index in [1.807, 2.05) is 69.3 Å². The third-order valence-corrected chi connectivity index (χ3v) is 6.20. The van der Waals surface area contributed by atoms with Crippen LogP contribution in [-0.4, -0.2) is 33.8 Å². The molecule has 0 N–H and O–H groups in total. The zero-order valence-corrected chi connectivity index (χ0v) is 17.7. The van der Waals surface area contributed by atoms with Crippen LogP contribution in [0.5, 0.6) is 0 Å². The van der Waals surface area contributed by atoms with Crippen LogP contribution in [0.1, 0.15) is 36.6 Å². The summed E-state index contributed by atoms with van der Waals surface area (Å²) in [6.45, 7) is 5.90. The second kappa shape index (κ2) is 7.31. The minimum atomic E-state index is -0.710. The van der Waals surface area contributed by atoms with Crippen LogP contribution in [0.2, 0.25) is 0 Å². The van der Waals surface area contributed by atoms with Gasteiger partial charge >= 0.3 is 0 Å². The van der Waals surface area contributed by atoms with Crippen molar-refractivity contribution in [3.8, 4) is 0 Å². The minimum absolute atomic E-state index is 0.112. The number of anilines is 1. The summed E-state index contributed by atoms with van der Waals surface area (Å²) in [4.78, 5) is 37.9. The number of aryl methyl sites for hydroxylation is 1. The molecule has 7 heteroatoms. The molecule has 0 aromatic heterocycles. The van der Waals surface area contributed by atoms with Crippen LogP contribution in [0.25, 0.3) is 0 Å². The molecule has 2 aromatic carbocycles. The van der Waals surface area contributed by atoms with Crippen molar-refractivity contribution in [2.45, 2.75) is 38.2 Å². The number of rotatable bonds is 4. The maximum Gasteiger partial charge on any atom is 0.268 e. The third kappa shape index (κ3) is 3.56. The summed E-state index contributed by atoms with van der Waals surface area (Å²) < 4.78 is -0.710. The van der Waals surface area contributed by atoms with Gasteiger partial charge < -0.3 is 4.90 Å². The number of amides is 2. The van der Waals surface area contributed by atoms with E-state index in [0.717, 1.165) is 22.4 Å². The molecule has 29 heavy (non-hydrogen) atoms. The highest BCUT2D eigenvalue weighted by molar-refractivity contribution is 8.16. The van der Waals surface area contributed by atoms with Crippen LogP contribution in [-0.2, 0) is 21.0 Å². The Labute approximate surface area is 174 Å². The average molecular weight is 410 g/mol. The van der Waals surface area contributed by atoms with Crippen molar-refractivity contribution in [1.29, 1.82) is 0 Å². The molecule has 1 unspecified atom stereocenters. The number of amidine groups is 1. The topological polar surface area (TPSA) is 62.2 Å². The highest BCUT2D eigenvalue weighted by Crippen LogP contribution is 2.42. The fraction of sp³-hybridized carbons (Fsp3) is 0.318. The van der Waals surface area contributed by atoms with Gasteiger partial charge in [-0.1, -0.05) is 59.8 Å². The van der Waals surface area contributed by atoms with Gasteiger partial charge in [0.1, 0.15) is 6.61 Å². The number of benzene rings is 2. The van der Waals surface area contributed by atoms with Crippen molar-refractivity contribution in [1.82, 2.24) is 5.06 Å². The summed E-state index contributed by atoms with van der Waals surface area (Å²) in [6.07, 6.45) is 0. The fourth-order valence-corrected chi connectivity index (χ4v) is 4.42. The minimum Gasteiger partial charge on any atom is -0.313 e. The van der Waals surface area contributed by atoms with E-state index in [1.165, 1.54) is 16.8 Å². The molecule has 2 heterocycles. The highest BCUT2D eigenvalue weighted by atomic mass is 32.2. The molecule has 150 valence electrons. The van der Waals surface area contributed by atoms with Crippen LogP contribution >= 0.6 is 11.8 Å². The number of likely N-dealkylation sites (N-methyl/N-ethyl adjacent to an activating group) is 1. The summed E-state index contributed by atoms with van der Waals surface area (Å²) in [5.74, 6) is -0.292. The van der Waals surface area contributed by atoms with E-state index in [9.17, 15) is 9.59 Å². The first-order chi connectivity index (χ1) is 13.8. The summed E-state index contributed by atoms with van der Waals surface area (Å²) in [5, 5.41) is 1.66. The first kappa shape index (κ1) is 19.7. The predicted octanol–water partition coefficient (Wildman–Crippen LogP) is 3.85. The summed E-state index contributed by atoms with van der Waals surface area (Å²) >= 11 is 1.32. The quantitative estimate of drug-likeness (QED) is 0.769. The van der Waals surface area contributed by atoms with Gasteiger partial charge in [0, 0.05) is 18.3 Å². The predicted molar refractivity (Wildman–Crippen MR) is 115 cm³/mol. The Balaban J connectivity index is 1.66. The molecule has 0 bridgehead atoms. The Kier molecular flexibility index (Phi) is 4.96. The van der Waals surface area contributed by atoms with Crippen molar-refractivity contribution in [3.63, 3.8) is 0 Å². The van der Waals surface area contributed by atoms with Crippen LogP contribution in [0.15, 0.2) is 53.5 Å². The van der Waals surface area contributed by atoms with Crippen LogP contribution in [0, 0.1) is 6.92 Å². The number of nitrogens with zero attached hydrogens (tertiary/aromatic N) is 3. The molecule has 1 fully saturated rings. The van der Waals surface area contributed by atoms with Gasteiger partial charge in [-0.25, -0.2) is 4.99 Å². The van der Waals surface area contributed by atoms with Gasteiger partial charge in [-0.2, -0.15) is 5.06 Å². The SMILES string of the molecule is Cc1ccc2c(c1)C(N=C1SC(C)(C)C(=O)N1OCc1ccccc1)C(=O)N2C. The molecule has 0 saturated carbocycles. The van der Waals surface area contributed by atoms with E-state index in [-0.39, 0.29) is 18.4 Å². The lowest BCUT2D eigenvalue weighted by Crippen LogP contribution is -2.36. The lowest BCUT2D eigenvalue weighted by atomic mass is 10.1. The molecule has 2 aromatic rings.